The van der Waals surface area contributed by atoms with Crippen molar-refractivity contribution in [3.63, 3.8) is 0 Å². The van der Waals surface area contributed by atoms with Crippen molar-refractivity contribution in [2.75, 3.05) is 11.4 Å². The molecule has 0 unspecified atom stereocenters. The lowest BCUT2D eigenvalue weighted by molar-refractivity contribution is -0.286. The van der Waals surface area contributed by atoms with E-state index in [0.717, 1.165) is 15.8 Å². The summed E-state index contributed by atoms with van der Waals surface area (Å²) in [6.45, 7) is 3.37. The molecule has 2 aromatic heterocycles. The van der Waals surface area contributed by atoms with Crippen molar-refractivity contribution in [1.29, 1.82) is 5.26 Å². The molecule has 1 aliphatic heterocycles. The summed E-state index contributed by atoms with van der Waals surface area (Å²) in [4.78, 5) is 34.7. The molecule has 3 heterocycles. The topological polar surface area (TPSA) is 126 Å². The molecule has 0 bridgehead atoms. The van der Waals surface area contributed by atoms with Gasteiger partial charge in [-0.25, -0.2) is 9.67 Å². The van der Waals surface area contributed by atoms with Crippen molar-refractivity contribution in [3.05, 3.63) is 64.2 Å². The first-order valence-electron chi connectivity index (χ1n) is 11.3. The normalized spacial score (nSPS) is 13.5. The maximum Gasteiger partial charge on any atom is 0.586 e. The minimum Gasteiger partial charge on any atom is -0.395 e. The molecule has 0 saturated heterocycles. The molecule has 1 amide bonds. The smallest absolute Gasteiger partial charge is 0.395 e. The number of aryl methyl sites for hydroxylation is 1. The molecule has 5 rings (SSSR count). The SMILES string of the molecule is CCN(C(=O)Cn1nc(-c2ccc(CC#N)c(C)c2)c2nc[nH]c2c1=O)c1ccc2c(c1)OC(F)(F)O2. The van der Waals surface area contributed by atoms with Crippen LogP contribution in [0.4, 0.5) is 14.5 Å². The highest BCUT2D eigenvalue weighted by atomic mass is 19.3. The number of benzene rings is 2. The number of hydrogen-bond acceptors (Lipinski definition) is 7. The number of aromatic amines is 1. The van der Waals surface area contributed by atoms with Gasteiger partial charge in [-0.1, -0.05) is 12.1 Å². The van der Waals surface area contributed by atoms with E-state index in [9.17, 15) is 18.4 Å². The Bertz CT molecular complexity index is 1640. The summed E-state index contributed by atoms with van der Waals surface area (Å²) >= 11 is 0. The number of rotatable bonds is 6. The molecular weight excluding hydrogens is 486 g/mol. The van der Waals surface area contributed by atoms with E-state index in [1.165, 1.54) is 29.4 Å². The van der Waals surface area contributed by atoms with Crippen LogP contribution in [0.3, 0.4) is 0 Å². The summed E-state index contributed by atoms with van der Waals surface area (Å²) in [5.41, 5.74) is 3.10. The Balaban J connectivity index is 1.50. The molecule has 0 aliphatic carbocycles. The quantitative estimate of drug-likeness (QED) is 0.424. The van der Waals surface area contributed by atoms with Gasteiger partial charge >= 0.3 is 6.29 Å². The first-order valence-corrected chi connectivity index (χ1v) is 11.3. The van der Waals surface area contributed by atoms with Crippen LogP contribution in [0.15, 0.2) is 47.5 Å². The van der Waals surface area contributed by atoms with Gasteiger partial charge < -0.3 is 19.4 Å². The Morgan fingerprint density at radius 1 is 1.22 bits per heavy atom. The lowest BCUT2D eigenvalue weighted by Crippen LogP contribution is -2.37. The number of aromatic nitrogens is 4. The molecule has 0 fully saturated rings. The summed E-state index contributed by atoms with van der Waals surface area (Å²) in [6, 6.07) is 11.6. The van der Waals surface area contributed by atoms with Gasteiger partial charge in [0.2, 0.25) is 5.91 Å². The number of ether oxygens (including phenoxy) is 2. The summed E-state index contributed by atoms with van der Waals surface area (Å²) < 4.78 is 36.8. The Labute approximate surface area is 208 Å². The van der Waals surface area contributed by atoms with Crippen molar-refractivity contribution < 1.29 is 23.0 Å². The number of carbonyl (C=O) groups excluding carboxylic acids is 1. The zero-order chi connectivity index (χ0) is 26.3. The number of imidazole rings is 1. The summed E-state index contributed by atoms with van der Waals surface area (Å²) in [7, 11) is 0. The molecule has 0 atom stereocenters. The molecule has 0 saturated carbocycles. The number of anilines is 1. The van der Waals surface area contributed by atoms with Crippen LogP contribution in [0.2, 0.25) is 0 Å². The fourth-order valence-electron chi connectivity index (χ4n) is 4.23. The average Bonchev–Trinajstić information content (AvgIpc) is 3.46. The maximum absolute atomic E-state index is 13.4. The second-order valence-corrected chi connectivity index (χ2v) is 8.35. The fraction of sp³-hybridized carbons (Fsp3) is 0.240. The van der Waals surface area contributed by atoms with Crippen LogP contribution in [0.5, 0.6) is 11.5 Å². The van der Waals surface area contributed by atoms with Crippen LogP contribution >= 0.6 is 0 Å². The first-order chi connectivity index (χ1) is 17.7. The summed E-state index contributed by atoms with van der Waals surface area (Å²) in [6.07, 6.45) is -2.14. The number of halogens is 2. The lowest BCUT2D eigenvalue weighted by atomic mass is 10.0. The third-order valence-electron chi connectivity index (χ3n) is 6.02. The van der Waals surface area contributed by atoms with E-state index in [-0.39, 0.29) is 30.0 Å². The molecule has 1 aliphatic rings. The summed E-state index contributed by atoms with van der Waals surface area (Å²) in [5.74, 6) is -0.825. The number of nitriles is 1. The first kappa shape index (κ1) is 23.9. The number of likely N-dealkylation sites (N-methyl/N-ethyl adjacent to an activating group) is 1. The van der Waals surface area contributed by atoms with Gasteiger partial charge in [-0.15, -0.1) is 8.78 Å². The predicted molar refractivity (Wildman–Crippen MR) is 128 cm³/mol. The monoisotopic (exact) mass is 506 g/mol. The largest absolute Gasteiger partial charge is 0.586 e. The molecular formula is C25H20F2N6O4. The standard InChI is InChI=1S/C25H20F2N6O4/c1-3-32(17-6-7-18-19(11-17)37-25(26,27)36-18)20(34)12-33-24(35)23-22(29-13-30-23)21(31-33)16-5-4-15(8-9-28)14(2)10-16/h4-7,10-11,13H,3,8,12H2,1-2H3,(H,29,30). The number of carbonyl (C=O) groups is 1. The van der Waals surface area contributed by atoms with Gasteiger partial charge in [-0.05, 0) is 43.2 Å². The summed E-state index contributed by atoms with van der Waals surface area (Å²) in [5, 5.41) is 13.5. The Kier molecular flexibility index (Phi) is 5.83. The van der Waals surface area contributed by atoms with Gasteiger partial charge in [-0.2, -0.15) is 10.4 Å². The maximum atomic E-state index is 13.4. The molecule has 37 heavy (non-hydrogen) atoms. The van der Waals surface area contributed by atoms with E-state index in [4.69, 9.17) is 5.26 Å². The van der Waals surface area contributed by atoms with Crippen molar-refractivity contribution in [3.8, 4) is 28.8 Å². The Morgan fingerprint density at radius 3 is 2.73 bits per heavy atom. The van der Waals surface area contributed by atoms with Crippen LogP contribution in [-0.4, -0.2) is 38.5 Å². The van der Waals surface area contributed by atoms with Crippen molar-refractivity contribution in [2.24, 2.45) is 0 Å². The zero-order valence-electron chi connectivity index (χ0n) is 19.8. The highest BCUT2D eigenvalue weighted by Gasteiger charge is 2.43. The predicted octanol–water partition coefficient (Wildman–Crippen LogP) is 3.54. The molecule has 2 aromatic carbocycles. The minimum atomic E-state index is -3.78. The van der Waals surface area contributed by atoms with Gasteiger partial charge in [0.1, 0.15) is 23.3 Å². The van der Waals surface area contributed by atoms with Crippen LogP contribution in [0.25, 0.3) is 22.3 Å². The second-order valence-electron chi connectivity index (χ2n) is 8.35. The third-order valence-corrected chi connectivity index (χ3v) is 6.02. The molecule has 4 aromatic rings. The van der Waals surface area contributed by atoms with Crippen LogP contribution in [0, 0.1) is 18.3 Å². The molecule has 188 valence electrons. The van der Waals surface area contributed by atoms with E-state index in [1.807, 2.05) is 19.1 Å². The molecule has 0 spiro atoms. The van der Waals surface area contributed by atoms with Crippen molar-refractivity contribution in [2.45, 2.75) is 33.1 Å². The number of alkyl halides is 2. The van der Waals surface area contributed by atoms with E-state index >= 15 is 0 Å². The van der Waals surface area contributed by atoms with Crippen molar-refractivity contribution in [1.82, 2.24) is 19.7 Å². The molecule has 12 heteroatoms. The van der Waals surface area contributed by atoms with E-state index in [1.54, 1.807) is 13.0 Å². The number of H-pyrrole nitrogens is 1. The zero-order valence-corrected chi connectivity index (χ0v) is 19.8. The number of nitrogens with zero attached hydrogens (tertiary/aromatic N) is 5. The molecule has 10 nitrogen and oxygen atoms in total. The van der Waals surface area contributed by atoms with E-state index in [0.29, 0.717) is 22.5 Å². The lowest BCUT2D eigenvalue weighted by Gasteiger charge is -2.21. The molecule has 1 N–H and O–H groups in total. The number of nitrogens with one attached hydrogen (secondary N) is 1. The van der Waals surface area contributed by atoms with Crippen LogP contribution in [-0.2, 0) is 17.8 Å². The highest BCUT2D eigenvalue weighted by molar-refractivity contribution is 5.94. The Morgan fingerprint density at radius 2 is 2.00 bits per heavy atom. The average molecular weight is 506 g/mol. The van der Waals surface area contributed by atoms with Crippen LogP contribution < -0.4 is 19.9 Å². The number of fused-ring (bicyclic) bond motifs is 2. The second kappa shape index (κ2) is 9.02. The van der Waals surface area contributed by atoms with Gasteiger partial charge in [0.15, 0.2) is 11.5 Å². The van der Waals surface area contributed by atoms with Gasteiger partial charge in [0.05, 0.1) is 18.8 Å². The highest BCUT2D eigenvalue weighted by Crippen LogP contribution is 2.42. The Hall–Kier alpha value is -4.79. The van der Waals surface area contributed by atoms with Gasteiger partial charge in [0.25, 0.3) is 5.56 Å². The number of hydrogen-bond donors (Lipinski definition) is 1. The van der Waals surface area contributed by atoms with E-state index < -0.39 is 24.3 Å². The van der Waals surface area contributed by atoms with Gasteiger partial charge in [-0.3, -0.25) is 9.59 Å². The molecule has 0 radical (unpaired) electrons. The van der Waals surface area contributed by atoms with E-state index in [2.05, 4.69) is 30.6 Å². The van der Waals surface area contributed by atoms with Crippen LogP contribution in [0.1, 0.15) is 18.1 Å². The fourth-order valence-corrected chi connectivity index (χ4v) is 4.23. The van der Waals surface area contributed by atoms with Crippen molar-refractivity contribution >= 4 is 22.6 Å². The number of amides is 1. The minimum absolute atomic E-state index is 0.138. The third kappa shape index (κ3) is 4.35. The van der Waals surface area contributed by atoms with Gasteiger partial charge in [0, 0.05) is 23.9 Å².